The summed E-state index contributed by atoms with van der Waals surface area (Å²) >= 11 is 0. The van der Waals surface area contributed by atoms with Gasteiger partial charge in [-0.2, -0.15) is 0 Å². The van der Waals surface area contributed by atoms with Crippen LogP contribution < -0.4 is 5.32 Å². The molecule has 1 heterocycles. The summed E-state index contributed by atoms with van der Waals surface area (Å²) < 4.78 is 0. The van der Waals surface area contributed by atoms with Gasteiger partial charge in [0.05, 0.1) is 0 Å². The first-order valence-electron chi connectivity index (χ1n) is 10.8. The molecule has 1 aliphatic heterocycles. The standard InChI is InChI=1S/C23H34N2O2/c26-22(13-11-19-7-3-1-4-8-19)24-21-15-17-25(18-16-21)23(27)14-12-20-9-5-2-6-10-20/h1,3-4,7-8,20-21H,2,5-6,9-18H2,(H,24,26). The summed E-state index contributed by atoms with van der Waals surface area (Å²) in [6.07, 6.45) is 11.5. The molecule has 1 aliphatic carbocycles. The van der Waals surface area contributed by atoms with E-state index < -0.39 is 0 Å². The normalized spacial score (nSPS) is 19.0. The topological polar surface area (TPSA) is 49.4 Å². The molecule has 4 nitrogen and oxygen atoms in total. The number of rotatable bonds is 7. The van der Waals surface area contributed by atoms with Crippen molar-refractivity contribution < 1.29 is 9.59 Å². The first-order valence-corrected chi connectivity index (χ1v) is 10.8. The summed E-state index contributed by atoms with van der Waals surface area (Å²) in [4.78, 5) is 26.7. The third-order valence-corrected chi connectivity index (χ3v) is 6.19. The number of nitrogens with one attached hydrogen (secondary N) is 1. The molecule has 0 aromatic heterocycles. The van der Waals surface area contributed by atoms with Crippen LogP contribution in [0.3, 0.4) is 0 Å². The zero-order valence-electron chi connectivity index (χ0n) is 16.5. The predicted molar refractivity (Wildman–Crippen MR) is 108 cm³/mol. The lowest BCUT2D eigenvalue weighted by molar-refractivity contribution is -0.132. The molecule has 4 heteroatoms. The summed E-state index contributed by atoms with van der Waals surface area (Å²) in [5, 5.41) is 3.16. The third kappa shape index (κ3) is 6.67. The van der Waals surface area contributed by atoms with Crippen molar-refractivity contribution in [1.82, 2.24) is 10.2 Å². The van der Waals surface area contributed by atoms with E-state index >= 15 is 0 Å². The van der Waals surface area contributed by atoms with E-state index in [0.717, 1.165) is 44.7 Å². The Balaban J connectivity index is 1.31. The Kier molecular flexibility index (Phi) is 7.73. The van der Waals surface area contributed by atoms with Crippen LogP contribution in [-0.2, 0) is 16.0 Å². The Hall–Kier alpha value is -1.84. The minimum absolute atomic E-state index is 0.126. The van der Waals surface area contributed by atoms with Gasteiger partial charge in [0.2, 0.25) is 11.8 Å². The van der Waals surface area contributed by atoms with E-state index in [9.17, 15) is 9.59 Å². The van der Waals surface area contributed by atoms with Gasteiger partial charge in [-0.05, 0) is 37.2 Å². The summed E-state index contributed by atoms with van der Waals surface area (Å²) in [6.45, 7) is 1.57. The van der Waals surface area contributed by atoms with Gasteiger partial charge in [0.1, 0.15) is 0 Å². The number of hydrogen-bond acceptors (Lipinski definition) is 2. The molecule has 0 unspecified atom stereocenters. The molecule has 0 atom stereocenters. The predicted octanol–water partition coefficient (Wildman–Crippen LogP) is 4.09. The number of piperidine rings is 1. The minimum atomic E-state index is 0.126. The summed E-state index contributed by atoms with van der Waals surface area (Å²) in [7, 11) is 0. The van der Waals surface area contributed by atoms with E-state index in [2.05, 4.69) is 17.4 Å². The fourth-order valence-electron chi connectivity index (χ4n) is 4.44. The van der Waals surface area contributed by atoms with Crippen molar-refractivity contribution >= 4 is 11.8 Å². The van der Waals surface area contributed by atoms with Crippen molar-refractivity contribution in [3.63, 3.8) is 0 Å². The number of carbonyl (C=O) groups excluding carboxylic acids is 2. The Morgan fingerprint density at radius 2 is 1.63 bits per heavy atom. The van der Waals surface area contributed by atoms with Crippen molar-refractivity contribution in [3.05, 3.63) is 35.9 Å². The fourth-order valence-corrected chi connectivity index (χ4v) is 4.44. The molecule has 3 rings (SSSR count). The van der Waals surface area contributed by atoms with Crippen LogP contribution in [0.1, 0.15) is 69.8 Å². The van der Waals surface area contributed by atoms with Crippen LogP contribution in [0.5, 0.6) is 0 Å². The van der Waals surface area contributed by atoms with Gasteiger partial charge in [0.25, 0.3) is 0 Å². The highest BCUT2D eigenvalue weighted by Crippen LogP contribution is 2.27. The maximum Gasteiger partial charge on any atom is 0.222 e. The summed E-state index contributed by atoms with van der Waals surface area (Å²) in [6, 6.07) is 10.3. The molecule has 27 heavy (non-hydrogen) atoms. The van der Waals surface area contributed by atoms with Gasteiger partial charge in [-0.25, -0.2) is 0 Å². The highest BCUT2D eigenvalue weighted by Gasteiger charge is 2.24. The molecule has 1 aromatic rings. The molecule has 2 amide bonds. The van der Waals surface area contributed by atoms with Gasteiger partial charge in [0.15, 0.2) is 0 Å². The Morgan fingerprint density at radius 1 is 0.926 bits per heavy atom. The first-order chi connectivity index (χ1) is 13.2. The monoisotopic (exact) mass is 370 g/mol. The van der Waals surface area contributed by atoms with Gasteiger partial charge in [-0.3, -0.25) is 9.59 Å². The van der Waals surface area contributed by atoms with Crippen LogP contribution >= 0.6 is 0 Å². The average molecular weight is 371 g/mol. The Bertz CT molecular complexity index is 588. The fraction of sp³-hybridized carbons (Fsp3) is 0.652. The summed E-state index contributed by atoms with van der Waals surface area (Å²) in [5.41, 5.74) is 1.20. The molecular weight excluding hydrogens is 336 g/mol. The number of carbonyl (C=O) groups is 2. The molecule has 1 saturated heterocycles. The second-order valence-electron chi connectivity index (χ2n) is 8.25. The molecule has 0 radical (unpaired) electrons. The molecule has 1 N–H and O–H groups in total. The molecule has 0 spiro atoms. The van der Waals surface area contributed by atoms with Crippen LogP contribution in [0.25, 0.3) is 0 Å². The van der Waals surface area contributed by atoms with Crippen LogP contribution in [0.2, 0.25) is 0 Å². The van der Waals surface area contributed by atoms with Crippen LogP contribution in [0.15, 0.2) is 30.3 Å². The highest BCUT2D eigenvalue weighted by atomic mass is 16.2. The average Bonchev–Trinajstić information content (AvgIpc) is 2.72. The number of nitrogens with zero attached hydrogens (tertiary/aromatic N) is 1. The quantitative estimate of drug-likeness (QED) is 0.786. The van der Waals surface area contributed by atoms with E-state index in [1.165, 1.54) is 37.7 Å². The molecule has 1 saturated carbocycles. The van der Waals surface area contributed by atoms with E-state index in [1.807, 2.05) is 23.1 Å². The van der Waals surface area contributed by atoms with E-state index in [0.29, 0.717) is 18.7 Å². The molecule has 2 fully saturated rings. The van der Waals surface area contributed by atoms with Crippen LogP contribution in [-0.4, -0.2) is 35.8 Å². The SMILES string of the molecule is O=C(CCc1ccccc1)NC1CCN(C(=O)CCC2CCCCC2)CC1. The lowest BCUT2D eigenvalue weighted by Crippen LogP contribution is -2.46. The highest BCUT2D eigenvalue weighted by molar-refractivity contribution is 5.77. The van der Waals surface area contributed by atoms with Crippen molar-refractivity contribution in [2.75, 3.05) is 13.1 Å². The Morgan fingerprint density at radius 3 is 2.33 bits per heavy atom. The van der Waals surface area contributed by atoms with Crippen molar-refractivity contribution in [1.29, 1.82) is 0 Å². The smallest absolute Gasteiger partial charge is 0.222 e. The van der Waals surface area contributed by atoms with Gasteiger partial charge in [0, 0.05) is 32.0 Å². The number of likely N-dealkylation sites (tertiary alicyclic amines) is 1. The number of hydrogen-bond donors (Lipinski definition) is 1. The Labute approximate surface area is 163 Å². The molecule has 0 bridgehead atoms. The van der Waals surface area contributed by atoms with Gasteiger partial charge in [-0.1, -0.05) is 62.4 Å². The number of benzene rings is 1. The maximum atomic E-state index is 12.5. The minimum Gasteiger partial charge on any atom is -0.353 e. The van der Waals surface area contributed by atoms with E-state index in [4.69, 9.17) is 0 Å². The van der Waals surface area contributed by atoms with Crippen molar-refractivity contribution in [2.45, 2.75) is 76.7 Å². The lowest BCUT2D eigenvalue weighted by Gasteiger charge is -2.33. The van der Waals surface area contributed by atoms with Gasteiger partial charge >= 0.3 is 0 Å². The zero-order chi connectivity index (χ0) is 18.9. The third-order valence-electron chi connectivity index (χ3n) is 6.19. The molecule has 2 aliphatic rings. The van der Waals surface area contributed by atoms with Crippen LogP contribution in [0, 0.1) is 5.92 Å². The van der Waals surface area contributed by atoms with Crippen molar-refractivity contribution in [3.8, 4) is 0 Å². The molecule has 1 aromatic carbocycles. The molecular formula is C23H34N2O2. The zero-order valence-corrected chi connectivity index (χ0v) is 16.5. The first kappa shape index (κ1) is 19.9. The second-order valence-corrected chi connectivity index (χ2v) is 8.25. The second kappa shape index (κ2) is 10.5. The van der Waals surface area contributed by atoms with E-state index in [-0.39, 0.29) is 11.9 Å². The maximum absolute atomic E-state index is 12.5. The van der Waals surface area contributed by atoms with Gasteiger partial charge < -0.3 is 10.2 Å². The number of aryl methyl sites for hydroxylation is 1. The van der Waals surface area contributed by atoms with Gasteiger partial charge in [-0.15, -0.1) is 0 Å². The number of amides is 2. The van der Waals surface area contributed by atoms with Crippen molar-refractivity contribution in [2.24, 2.45) is 5.92 Å². The summed E-state index contributed by atoms with van der Waals surface area (Å²) in [5.74, 6) is 1.21. The molecule has 148 valence electrons. The lowest BCUT2D eigenvalue weighted by atomic mass is 9.86. The van der Waals surface area contributed by atoms with Crippen LogP contribution in [0.4, 0.5) is 0 Å². The largest absolute Gasteiger partial charge is 0.353 e. The van der Waals surface area contributed by atoms with E-state index in [1.54, 1.807) is 0 Å².